The molecule has 0 aromatic heterocycles. The van der Waals surface area contributed by atoms with Gasteiger partial charge in [0, 0.05) is 5.97 Å². The normalized spacial score (nSPS) is 9.50. The zero-order valence-electron chi connectivity index (χ0n) is 9.44. The van der Waals surface area contributed by atoms with Gasteiger partial charge in [-0.1, -0.05) is 4.32 Å². The molecule has 1 N–H and O–H groups in total. The molecule has 16 heavy (non-hydrogen) atoms. The Morgan fingerprint density at radius 3 is 1.94 bits per heavy atom. The summed E-state index contributed by atoms with van der Waals surface area (Å²) in [6.45, 7) is 0. The molecule has 74 valence electrons. The van der Waals surface area contributed by atoms with Crippen molar-refractivity contribution >= 4 is 41.1 Å². The van der Waals surface area contributed by atoms with Gasteiger partial charge in [-0.2, -0.15) is 0 Å². The average molecular weight is 289 g/mol. The Bertz CT molecular complexity index is 242. The van der Waals surface area contributed by atoms with Gasteiger partial charge in [-0.3, -0.25) is 0 Å². The molecule has 0 saturated heterocycles. The fraction of sp³-hybridized carbons (Fsp3) is 0.500. The smallest absolute Gasteiger partial charge is 0.550 e. The molecular weight excluding hydrogens is 283 g/mol. The summed E-state index contributed by atoms with van der Waals surface area (Å²) in [7, 11) is 0. The standard InChI is InChI=1S/C6H9NO4S2.3Na/c8-4(9)2-1-3(5(10)11)7-6(12)13;;;/h3H,1-2H2,(H,8,9)(H,10,11)(H2,7,12,13);;;/q;3*+1/p-3/t3-;;;/m0.../s1. The van der Waals surface area contributed by atoms with Crippen LogP contribution in [0.4, 0.5) is 0 Å². The topological polar surface area (TPSA) is 92.3 Å². The molecule has 0 unspecified atom stereocenters. The summed E-state index contributed by atoms with van der Waals surface area (Å²) < 4.78 is -0.132. The van der Waals surface area contributed by atoms with Crippen molar-refractivity contribution in [1.82, 2.24) is 5.32 Å². The third kappa shape index (κ3) is 16.1. The second-order valence-electron chi connectivity index (χ2n) is 2.21. The Hall–Kier alpha value is 2.05. The van der Waals surface area contributed by atoms with Gasteiger partial charge in [-0.25, -0.2) is 0 Å². The summed E-state index contributed by atoms with van der Waals surface area (Å²) in [5.41, 5.74) is 0. The van der Waals surface area contributed by atoms with Crippen LogP contribution in [0.3, 0.4) is 0 Å². The van der Waals surface area contributed by atoms with Gasteiger partial charge in [0.2, 0.25) is 0 Å². The van der Waals surface area contributed by atoms with E-state index in [-0.39, 0.29) is 106 Å². The summed E-state index contributed by atoms with van der Waals surface area (Å²) >= 11 is 8.84. The van der Waals surface area contributed by atoms with E-state index in [1.54, 1.807) is 0 Å². The van der Waals surface area contributed by atoms with E-state index in [9.17, 15) is 19.8 Å². The SMILES string of the molecule is O=C([O-])CC[C@H](NC(=S)[S-])C(=O)[O-].[Na+].[Na+].[Na+]. The number of carboxylic acid groups (broad SMARTS) is 2. The number of carboxylic acids is 2. The number of hydrogen-bond acceptors (Lipinski definition) is 6. The maximum atomic E-state index is 10.4. The number of nitrogens with one attached hydrogen (secondary N) is 1. The van der Waals surface area contributed by atoms with Gasteiger partial charge in [0.05, 0.1) is 12.0 Å². The molecule has 0 radical (unpaired) electrons. The number of thiocarbonyl (C=S) groups is 1. The summed E-state index contributed by atoms with van der Waals surface area (Å²) in [5.74, 6) is -2.77. The van der Waals surface area contributed by atoms with E-state index in [1.807, 2.05) is 0 Å². The maximum Gasteiger partial charge on any atom is 1.00 e. The molecular formula is C6H6NNa3O4S2. The van der Waals surface area contributed by atoms with Crippen LogP contribution in [0.1, 0.15) is 12.8 Å². The molecule has 0 bridgehead atoms. The molecule has 0 fully saturated rings. The average Bonchev–Trinajstić information content (AvgIpc) is 1.96. The number of carbonyl (C=O) groups excluding carboxylic acids is 2. The van der Waals surface area contributed by atoms with E-state index in [4.69, 9.17) is 0 Å². The van der Waals surface area contributed by atoms with Crippen molar-refractivity contribution in [1.29, 1.82) is 0 Å². The van der Waals surface area contributed by atoms with Crippen molar-refractivity contribution in [3.63, 3.8) is 0 Å². The van der Waals surface area contributed by atoms with Crippen LogP contribution in [0.2, 0.25) is 0 Å². The van der Waals surface area contributed by atoms with Gasteiger partial charge < -0.3 is 50.0 Å². The van der Waals surface area contributed by atoms with Crippen LogP contribution in [0.5, 0.6) is 0 Å². The Kier molecular flexibility index (Phi) is 25.1. The monoisotopic (exact) mass is 289 g/mol. The van der Waals surface area contributed by atoms with Crippen molar-refractivity contribution < 1.29 is 108 Å². The van der Waals surface area contributed by atoms with Crippen molar-refractivity contribution in [3.05, 3.63) is 0 Å². The molecule has 0 amide bonds. The Morgan fingerprint density at radius 1 is 1.25 bits per heavy atom. The Balaban J connectivity index is -0.000000240. The first-order valence-corrected chi connectivity index (χ1v) is 4.13. The molecule has 0 saturated carbocycles. The molecule has 0 aliphatic heterocycles. The number of hydrogen-bond donors (Lipinski definition) is 1. The van der Waals surface area contributed by atoms with Gasteiger partial charge in [0.25, 0.3) is 0 Å². The second-order valence-corrected chi connectivity index (χ2v) is 3.29. The third-order valence-electron chi connectivity index (χ3n) is 1.21. The minimum Gasteiger partial charge on any atom is -0.550 e. The molecule has 10 heteroatoms. The van der Waals surface area contributed by atoms with Crippen molar-refractivity contribution in [3.8, 4) is 0 Å². The van der Waals surface area contributed by atoms with E-state index in [2.05, 4.69) is 30.2 Å². The molecule has 0 aromatic rings. The summed E-state index contributed by atoms with van der Waals surface area (Å²) in [6, 6.07) is -1.16. The van der Waals surface area contributed by atoms with Crippen LogP contribution in [0.15, 0.2) is 0 Å². The summed E-state index contributed by atoms with van der Waals surface area (Å²) in [5, 5.41) is 22.6. The number of carbonyl (C=O) groups is 2. The molecule has 5 nitrogen and oxygen atoms in total. The quantitative estimate of drug-likeness (QED) is 0.305. The minimum absolute atomic E-state index is 0. The first kappa shape index (κ1) is 26.6. The van der Waals surface area contributed by atoms with E-state index in [0.29, 0.717) is 0 Å². The van der Waals surface area contributed by atoms with Crippen LogP contribution in [-0.2, 0) is 22.2 Å². The van der Waals surface area contributed by atoms with Gasteiger partial charge >= 0.3 is 88.7 Å². The van der Waals surface area contributed by atoms with E-state index in [1.165, 1.54) is 0 Å². The summed E-state index contributed by atoms with van der Waals surface area (Å²) in [4.78, 5) is 20.4. The molecule has 0 aromatic carbocycles. The first-order chi connectivity index (χ1) is 5.93. The van der Waals surface area contributed by atoms with Gasteiger partial charge in [0.1, 0.15) is 0 Å². The molecule has 0 spiro atoms. The Morgan fingerprint density at radius 2 is 1.69 bits per heavy atom. The van der Waals surface area contributed by atoms with Gasteiger partial charge in [-0.05, 0) is 12.8 Å². The van der Waals surface area contributed by atoms with Crippen LogP contribution >= 0.6 is 12.2 Å². The van der Waals surface area contributed by atoms with Gasteiger partial charge in [-0.15, -0.1) is 0 Å². The van der Waals surface area contributed by atoms with Gasteiger partial charge in [0.15, 0.2) is 0 Å². The fourth-order valence-electron chi connectivity index (χ4n) is 0.653. The van der Waals surface area contributed by atoms with E-state index in [0.717, 1.165) is 0 Å². The first-order valence-electron chi connectivity index (χ1n) is 3.31. The predicted molar refractivity (Wildman–Crippen MR) is 46.1 cm³/mol. The largest absolute Gasteiger partial charge is 1.00 e. The van der Waals surface area contributed by atoms with Crippen molar-refractivity contribution in [2.75, 3.05) is 0 Å². The van der Waals surface area contributed by atoms with Crippen LogP contribution in [-0.4, -0.2) is 22.3 Å². The molecule has 0 aliphatic rings. The van der Waals surface area contributed by atoms with Crippen LogP contribution < -0.4 is 104 Å². The third-order valence-corrected chi connectivity index (χ3v) is 1.45. The maximum absolute atomic E-state index is 10.4. The number of rotatable bonds is 5. The second kappa shape index (κ2) is 15.1. The van der Waals surface area contributed by atoms with E-state index < -0.39 is 18.0 Å². The Labute approximate surface area is 171 Å². The summed E-state index contributed by atoms with van der Waals surface area (Å²) in [6.07, 6.45) is -0.551. The van der Waals surface area contributed by atoms with Crippen molar-refractivity contribution in [2.24, 2.45) is 0 Å². The number of aliphatic carboxylic acids is 2. The zero-order valence-corrected chi connectivity index (χ0v) is 17.1. The molecule has 1 atom stereocenters. The minimum atomic E-state index is -1.44. The van der Waals surface area contributed by atoms with E-state index >= 15 is 0 Å². The van der Waals surface area contributed by atoms with Crippen molar-refractivity contribution in [2.45, 2.75) is 18.9 Å². The molecule has 0 heterocycles. The fourth-order valence-corrected chi connectivity index (χ4v) is 0.938. The van der Waals surface area contributed by atoms with Crippen LogP contribution in [0, 0.1) is 0 Å². The predicted octanol–water partition coefficient (Wildman–Crippen LogP) is -11.9. The zero-order chi connectivity index (χ0) is 10.4. The molecule has 0 aliphatic carbocycles. The molecule has 0 rings (SSSR count). The van der Waals surface area contributed by atoms with Crippen LogP contribution in [0.25, 0.3) is 0 Å².